The van der Waals surface area contributed by atoms with Gasteiger partial charge >= 0.3 is 0 Å². The Morgan fingerprint density at radius 1 is 1.54 bits per heavy atom. The molecule has 24 heavy (non-hydrogen) atoms. The Balaban J connectivity index is 3.13. The molecule has 3 atom stereocenters. The van der Waals surface area contributed by atoms with Gasteiger partial charge in [-0.3, -0.25) is 14.2 Å². The van der Waals surface area contributed by atoms with Crippen molar-refractivity contribution < 1.29 is 23.5 Å². The zero-order valence-corrected chi connectivity index (χ0v) is 14.4. The lowest BCUT2D eigenvalue weighted by Gasteiger charge is -2.41. The minimum atomic E-state index is -2.56. The number of nitrogens with one attached hydrogen (secondary N) is 2. The summed E-state index contributed by atoms with van der Waals surface area (Å²) in [7, 11) is 1.50. The van der Waals surface area contributed by atoms with Gasteiger partial charge in [0.1, 0.15) is 17.2 Å². The highest BCUT2D eigenvalue weighted by Gasteiger charge is 2.39. The first kappa shape index (κ1) is 20.1. The minimum absolute atomic E-state index is 0.173. The SMILES string of the molecule is C=C=CCOc1ccc(C(NC)(C(C)CC(=O)NO)S(=O)[O-])cc1. The third-order valence-electron chi connectivity index (χ3n) is 3.71. The van der Waals surface area contributed by atoms with E-state index in [0.29, 0.717) is 17.9 Å². The molecular weight excluding hydrogens is 332 g/mol. The van der Waals surface area contributed by atoms with Gasteiger partial charge in [0.25, 0.3) is 0 Å². The smallest absolute Gasteiger partial charge is 0.243 e. The molecule has 0 bridgehead atoms. The molecule has 0 spiro atoms. The van der Waals surface area contributed by atoms with Crippen molar-refractivity contribution in [3.63, 3.8) is 0 Å². The Morgan fingerprint density at radius 2 is 2.17 bits per heavy atom. The maximum Gasteiger partial charge on any atom is 0.243 e. The molecule has 0 radical (unpaired) electrons. The monoisotopic (exact) mass is 353 g/mol. The fourth-order valence-electron chi connectivity index (χ4n) is 2.48. The van der Waals surface area contributed by atoms with Crippen LogP contribution < -0.4 is 15.5 Å². The first-order valence-electron chi connectivity index (χ1n) is 7.21. The lowest BCUT2D eigenvalue weighted by molar-refractivity contribution is -0.130. The van der Waals surface area contributed by atoms with Crippen LogP contribution in [0.15, 0.2) is 42.7 Å². The minimum Gasteiger partial charge on any atom is -0.771 e. The molecule has 0 heterocycles. The molecule has 0 saturated carbocycles. The quantitative estimate of drug-likeness (QED) is 0.266. The van der Waals surface area contributed by atoms with Crippen LogP contribution >= 0.6 is 0 Å². The first-order valence-corrected chi connectivity index (χ1v) is 8.28. The van der Waals surface area contributed by atoms with Crippen LogP contribution in [-0.2, 0) is 20.7 Å². The van der Waals surface area contributed by atoms with Gasteiger partial charge in [-0.05, 0) is 47.8 Å². The third kappa shape index (κ3) is 4.53. The van der Waals surface area contributed by atoms with Crippen molar-refractivity contribution in [2.75, 3.05) is 13.7 Å². The van der Waals surface area contributed by atoms with E-state index in [-0.39, 0.29) is 6.42 Å². The zero-order valence-electron chi connectivity index (χ0n) is 13.6. The van der Waals surface area contributed by atoms with Crippen LogP contribution in [0.5, 0.6) is 5.75 Å². The number of carbonyl (C=O) groups excluding carboxylic acids is 1. The zero-order chi connectivity index (χ0) is 18.2. The lowest BCUT2D eigenvalue weighted by Crippen LogP contribution is -2.50. The Morgan fingerprint density at radius 3 is 2.62 bits per heavy atom. The molecule has 132 valence electrons. The van der Waals surface area contributed by atoms with Gasteiger partial charge in [0.15, 0.2) is 0 Å². The van der Waals surface area contributed by atoms with Crippen LogP contribution in [0, 0.1) is 5.92 Å². The number of rotatable bonds is 9. The van der Waals surface area contributed by atoms with Crippen LogP contribution in [0.1, 0.15) is 18.9 Å². The van der Waals surface area contributed by atoms with Crippen LogP contribution in [0.4, 0.5) is 0 Å². The summed E-state index contributed by atoms with van der Waals surface area (Å²) in [5.41, 5.74) is 4.57. The topological polar surface area (TPSA) is 111 Å². The van der Waals surface area contributed by atoms with E-state index in [1.165, 1.54) is 12.5 Å². The van der Waals surface area contributed by atoms with Gasteiger partial charge in [-0.1, -0.05) is 25.6 Å². The van der Waals surface area contributed by atoms with E-state index in [0.717, 1.165) is 0 Å². The highest BCUT2D eigenvalue weighted by atomic mass is 32.2. The molecule has 0 aliphatic rings. The number of hydrogen-bond acceptors (Lipinski definition) is 6. The molecular formula is C16H21N2O5S-. The molecule has 7 nitrogen and oxygen atoms in total. The molecule has 1 aromatic rings. The molecule has 0 aliphatic heterocycles. The molecule has 0 aliphatic carbocycles. The van der Waals surface area contributed by atoms with Crippen molar-refractivity contribution >= 4 is 17.0 Å². The molecule has 1 rings (SSSR count). The highest BCUT2D eigenvalue weighted by molar-refractivity contribution is 7.80. The van der Waals surface area contributed by atoms with E-state index in [4.69, 9.17) is 9.94 Å². The average Bonchev–Trinajstić information content (AvgIpc) is 2.57. The lowest BCUT2D eigenvalue weighted by atomic mass is 9.90. The van der Waals surface area contributed by atoms with Crippen molar-refractivity contribution in [1.82, 2.24) is 10.8 Å². The second-order valence-electron chi connectivity index (χ2n) is 5.10. The predicted octanol–water partition coefficient (Wildman–Crippen LogP) is 1.19. The normalized spacial score (nSPS) is 15.5. The van der Waals surface area contributed by atoms with E-state index in [1.807, 2.05) is 0 Å². The Bertz CT molecular complexity index is 628. The van der Waals surface area contributed by atoms with E-state index >= 15 is 0 Å². The maximum absolute atomic E-state index is 12.0. The van der Waals surface area contributed by atoms with Gasteiger partial charge < -0.3 is 14.6 Å². The number of benzene rings is 1. The van der Waals surface area contributed by atoms with Gasteiger partial charge in [-0.25, -0.2) is 5.48 Å². The summed E-state index contributed by atoms with van der Waals surface area (Å²) in [5.74, 6) is -0.736. The largest absolute Gasteiger partial charge is 0.771 e. The molecule has 8 heteroatoms. The predicted molar refractivity (Wildman–Crippen MR) is 89.0 cm³/mol. The molecule has 1 aromatic carbocycles. The second-order valence-corrected chi connectivity index (χ2v) is 6.22. The van der Waals surface area contributed by atoms with Gasteiger partial charge in [0.2, 0.25) is 5.91 Å². The summed E-state index contributed by atoms with van der Waals surface area (Å²) >= 11 is -2.56. The van der Waals surface area contributed by atoms with E-state index in [1.54, 1.807) is 37.3 Å². The molecule has 0 aromatic heterocycles. The number of amides is 1. The van der Waals surface area contributed by atoms with E-state index in [9.17, 15) is 13.6 Å². The van der Waals surface area contributed by atoms with Crippen LogP contribution in [0.2, 0.25) is 0 Å². The van der Waals surface area contributed by atoms with Crippen molar-refractivity contribution in [1.29, 1.82) is 0 Å². The first-order chi connectivity index (χ1) is 11.4. The third-order valence-corrected chi connectivity index (χ3v) is 5.07. The van der Waals surface area contributed by atoms with Crippen molar-refractivity contribution in [2.45, 2.75) is 18.2 Å². The fourth-order valence-corrected chi connectivity index (χ4v) is 3.39. The highest BCUT2D eigenvalue weighted by Crippen LogP contribution is 2.35. The summed E-state index contributed by atoms with van der Waals surface area (Å²) in [6.07, 6.45) is 1.45. The van der Waals surface area contributed by atoms with Gasteiger partial charge in [0, 0.05) is 6.42 Å². The maximum atomic E-state index is 12.0. The molecule has 1 amide bonds. The number of ether oxygens (including phenoxy) is 1. The summed E-state index contributed by atoms with van der Waals surface area (Å²) in [5, 5.41) is 11.5. The van der Waals surface area contributed by atoms with Crippen molar-refractivity contribution in [3.8, 4) is 5.75 Å². The van der Waals surface area contributed by atoms with Gasteiger partial charge in [-0.15, -0.1) is 5.73 Å². The number of hydrogen-bond donors (Lipinski definition) is 3. The summed E-state index contributed by atoms with van der Waals surface area (Å²) in [6, 6.07) is 6.52. The molecule has 3 unspecified atom stereocenters. The van der Waals surface area contributed by atoms with Gasteiger partial charge in [0.05, 0.1) is 0 Å². The molecule has 3 N–H and O–H groups in total. The second kappa shape index (κ2) is 9.36. The van der Waals surface area contributed by atoms with Crippen molar-refractivity contribution in [3.05, 3.63) is 48.2 Å². The standard InChI is InChI=1S/C16H22N2O5S/c1-4-5-10-23-14-8-6-13(7-9-14)16(17-3,24(21)22)12(2)11-15(19)18-20/h5-9,12,17,20H,1,10-11H2,2-3H3,(H,18,19)(H,21,22)/p-1. The van der Waals surface area contributed by atoms with E-state index < -0.39 is 27.8 Å². The Hall–Kier alpha value is -1.96. The van der Waals surface area contributed by atoms with Crippen molar-refractivity contribution in [2.24, 2.45) is 5.92 Å². The Labute approximate surface area is 143 Å². The fraction of sp³-hybridized carbons (Fsp3) is 0.375. The number of hydroxylamine groups is 1. The number of carbonyl (C=O) groups is 1. The molecule has 0 saturated heterocycles. The van der Waals surface area contributed by atoms with Crippen LogP contribution in [-0.4, -0.2) is 33.5 Å². The summed E-state index contributed by atoms with van der Waals surface area (Å²) in [4.78, 5) is 9.94. The van der Waals surface area contributed by atoms with Gasteiger partial charge in [-0.2, -0.15) is 0 Å². The molecule has 0 fully saturated rings. The summed E-state index contributed by atoms with van der Waals surface area (Å²) < 4.78 is 29.3. The van der Waals surface area contributed by atoms with E-state index in [2.05, 4.69) is 17.6 Å². The summed E-state index contributed by atoms with van der Waals surface area (Å²) in [6.45, 7) is 5.35. The van der Waals surface area contributed by atoms with Crippen LogP contribution in [0.25, 0.3) is 0 Å². The Kier molecular flexibility index (Phi) is 7.84. The average molecular weight is 353 g/mol. The van der Waals surface area contributed by atoms with Crippen LogP contribution in [0.3, 0.4) is 0 Å².